The van der Waals surface area contributed by atoms with Gasteiger partial charge in [-0.05, 0) is 43.3 Å². The second-order valence-electron chi connectivity index (χ2n) is 8.94. The van der Waals surface area contributed by atoms with E-state index in [0.717, 1.165) is 0 Å². The maximum atomic E-state index is 13.3. The topological polar surface area (TPSA) is 88.2 Å². The van der Waals surface area contributed by atoms with Crippen LogP contribution in [0.2, 0.25) is 0 Å². The lowest BCUT2D eigenvalue weighted by Gasteiger charge is -2.35. The Kier molecular flexibility index (Phi) is 8.45. The van der Waals surface area contributed by atoms with E-state index in [1.165, 1.54) is 31.2 Å². The van der Waals surface area contributed by atoms with Crippen LogP contribution in [-0.2, 0) is 9.53 Å². The van der Waals surface area contributed by atoms with Gasteiger partial charge in [0.25, 0.3) is 11.8 Å². The van der Waals surface area contributed by atoms with E-state index >= 15 is 0 Å². The van der Waals surface area contributed by atoms with Gasteiger partial charge in [0.2, 0.25) is 5.91 Å². The standard InChI is InChI=1S/C26H32FN3O5/c1-16-13-30(18(3)31)17(2)15-35-23-12-21(28-25(32)19-6-8-20(27)9-7-19)10-11-22(23)26(33)29(4)14-24(16)34-5/h6-12,16-17,24H,13-15H2,1-5H3,(H,28,32)/t16-,17-,24+/m0/s1. The SMILES string of the molecule is CO[C@@H]1CN(C)C(=O)c2ccc(NC(=O)c3ccc(F)cc3)cc2OC[C@H](C)N(C(C)=O)C[C@@H]1C. The van der Waals surface area contributed by atoms with Gasteiger partial charge in [0.15, 0.2) is 0 Å². The zero-order chi connectivity index (χ0) is 25.7. The number of carbonyl (C=O) groups is 3. The summed E-state index contributed by atoms with van der Waals surface area (Å²) in [5, 5.41) is 2.75. The van der Waals surface area contributed by atoms with Crippen molar-refractivity contribution in [2.24, 2.45) is 5.92 Å². The Morgan fingerprint density at radius 3 is 2.43 bits per heavy atom. The second kappa shape index (κ2) is 11.3. The first kappa shape index (κ1) is 26.2. The van der Waals surface area contributed by atoms with Crippen LogP contribution in [0.5, 0.6) is 5.75 Å². The molecule has 1 aliphatic rings. The number of nitrogens with one attached hydrogen (secondary N) is 1. The van der Waals surface area contributed by atoms with Crippen LogP contribution in [0.25, 0.3) is 0 Å². The van der Waals surface area contributed by atoms with E-state index in [1.54, 1.807) is 42.2 Å². The van der Waals surface area contributed by atoms with E-state index in [9.17, 15) is 18.8 Å². The summed E-state index contributed by atoms with van der Waals surface area (Å²) in [7, 11) is 3.28. The van der Waals surface area contributed by atoms with Gasteiger partial charge in [0.05, 0.1) is 17.7 Å². The number of nitrogens with zero attached hydrogens (tertiary/aromatic N) is 2. The molecule has 2 aromatic carbocycles. The van der Waals surface area contributed by atoms with Crippen LogP contribution in [0.3, 0.4) is 0 Å². The summed E-state index contributed by atoms with van der Waals surface area (Å²) in [5.74, 6) is -0.904. The largest absolute Gasteiger partial charge is 0.491 e. The van der Waals surface area contributed by atoms with Crippen molar-refractivity contribution in [3.63, 3.8) is 0 Å². The maximum absolute atomic E-state index is 13.3. The molecule has 9 heteroatoms. The Morgan fingerprint density at radius 1 is 1.11 bits per heavy atom. The molecule has 3 atom stereocenters. The van der Waals surface area contributed by atoms with Gasteiger partial charge in [-0.1, -0.05) is 6.92 Å². The van der Waals surface area contributed by atoms with Crippen molar-refractivity contribution in [1.29, 1.82) is 0 Å². The summed E-state index contributed by atoms with van der Waals surface area (Å²) in [6.07, 6.45) is -0.268. The molecule has 35 heavy (non-hydrogen) atoms. The molecule has 0 aliphatic carbocycles. The molecule has 1 aliphatic heterocycles. The molecule has 0 bridgehead atoms. The van der Waals surface area contributed by atoms with E-state index < -0.39 is 11.7 Å². The van der Waals surface area contributed by atoms with Crippen LogP contribution in [0.15, 0.2) is 42.5 Å². The number of benzene rings is 2. The van der Waals surface area contributed by atoms with Crippen molar-refractivity contribution in [2.75, 3.05) is 39.2 Å². The van der Waals surface area contributed by atoms with E-state index in [4.69, 9.17) is 9.47 Å². The van der Waals surface area contributed by atoms with Gasteiger partial charge < -0.3 is 24.6 Å². The molecule has 3 amide bonds. The highest BCUT2D eigenvalue weighted by molar-refractivity contribution is 6.05. The van der Waals surface area contributed by atoms with E-state index in [0.29, 0.717) is 29.9 Å². The van der Waals surface area contributed by atoms with Crippen LogP contribution in [0, 0.1) is 11.7 Å². The van der Waals surface area contributed by atoms with Crippen molar-refractivity contribution in [3.8, 4) is 5.75 Å². The quantitative estimate of drug-likeness (QED) is 0.720. The molecule has 2 aromatic rings. The van der Waals surface area contributed by atoms with Crippen LogP contribution in [0.1, 0.15) is 41.5 Å². The number of hydrogen-bond donors (Lipinski definition) is 1. The van der Waals surface area contributed by atoms with E-state index in [2.05, 4.69) is 5.32 Å². The molecule has 0 fully saturated rings. The molecule has 0 aromatic heterocycles. The highest BCUT2D eigenvalue weighted by Crippen LogP contribution is 2.27. The van der Waals surface area contributed by atoms with Crippen molar-refractivity contribution >= 4 is 23.4 Å². The number of carbonyl (C=O) groups excluding carboxylic acids is 3. The van der Waals surface area contributed by atoms with E-state index in [1.807, 2.05) is 13.8 Å². The number of amides is 3. The van der Waals surface area contributed by atoms with Crippen molar-refractivity contribution in [1.82, 2.24) is 9.80 Å². The highest BCUT2D eigenvalue weighted by Gasteiger charge is 2.29. The van der Waals surface area contributed by atoms with Crippen LogP contribution >= 0.6 is 0 Å². The molecule has 0 saturated heterocycles. The van der Waals surface area contributed by atoms with Gasteiger partial charge in [-0.25, -0.2) is 4.39 Å². The molecule has 8 nitrogen and oxygen atoms in total. The number of ether oxygens (including phenoxy) is 2. The number of methoxy groups -OCH3 is 1. The van der Waals surface area contributed by atoms with Gasteiger partial charge in [0, 0.05) is 57.4 Å². The van der Waals surface area contributed by atoms with Gasteiger partial charge in [-0.15, -0.1) is 0 Å². The first-order chi connectivity index (χ1) is 16.6. The molecule has 0 saturated carbocycles. The van der Waals surface area contributed by atoms with Crippen molar-refractivity contribution in [2.45, 2.75) is 32.9 Å². The molecule has 0 radical (unpaired) electrons. The molecule has 0 spiro atoms. The van der Waals surface area contributed by atoms with Crippen molar-refractivity contribution < 1.29 is 28.2 Å². The van der Waals surface area contributed by atoms with Crippen molar-refractivity contribution in [3.05, 3.63) is 59.4 Å². The predicted octanol–water partition coefficient (Wildman–Crippen LogP) is 3.43. The third-order valence-corrected chi connectivity index (χ3v) is 6.22. The number of halogens is 1. The number of hydrogen-bond acceptors (Lipinski definition) is 5. The number of rotatable bonds is 3. The molecule has 3 rings (SSSR count). The minimum atomic E-state index is -0.434. The van der Waals surface area contributed by atoms with Gasteiger partial charge >= 0.3 is 0 Å². The zero-order valence-electron chi connectivity index (χ0n) is 20.7. The lowest BCUT2D eigenvalue weighted by atomic mass is 10.0. The molecule has 188 valence electrons. The monoisotopic (exact) mass is 485 g/mol. The van der Waals surface area contributed by atoms with E-state index in [-0.39, 0.29) is 42.2 Å². The normalized spacial score (nSPS) is 21.3. The highest BCUT2D eigenvalue weighted by atomic mass is 19.1. The zero-order valence-corrected chi connectivity index (χ0v) is 20.7. The summed E-state index contributed by atoms with van der Waals surface area (Å²) >= 11 is 0. The lowest BCUT2D eigenvalue weighted by molar-refractivity contribution is -0.133. The lowest BCUT2D eigenvalue weighted by Crippen LogP contribution is -2.48. The fraction of sp³-hybridized carbons (Fsp3) is 0.423. The second-order valence-corrected chi connectivity index (χ2v) is 8.94. The van der Waals surface area contributed by atoms with Gasteiger partial charge in [0.1, 0.15) is 18.2 Å². The Balaban J connectivity index is 1.93. The number of likely N-dealkylation sites (N-methyl/N-ethyl adjacent to an activating group) is 1. The maximum Gasteiger partial charge on any atom is 0.257 e. The Bertz CT molecular complexity index is 1080. The summed E-state index contributed by atoms with van der Waals surface area (Å²) in [4.78, 5) is 41.5. The van der Waals surface area contributed by atoms with Crippen LogP contribution in [0.4, 0.5) is 10.1 Å². The summed E-state index contributed by atoms with van der Waals surface area (Å²) < 4.78 is 24.9. The fourth-order valence-corrected chi connectivity index (χ4v) is 4.09. The fourth-order valence-electron chi connectivity index (χ4n) is 4.09. The summed E-state index contributed by atoms with van der Waals surface area (Å²) in [6, 6.07) is 9.72. The first-order valence-electron chi connectivity index (χ1n) is 11.5. The number of fused-ring (bicyclic) bond motifs is 1. The first-order valence-corrected chi connectivity index (χ1v) is 11.5. The smallest absolute Gasteiger partial charge is 0.257 e. The predicted molar refractivity (Wildman–Crippen MR) is 130 cm³/mol. The average Bonchev–Trinajstić information content (AvgIpc) is 2.83. The summed E-state index contributed by atoms with van der Waals surface area (Å²) in [6.45, 7) is 6.34. The third kappa shape index (κ3) is 6.36. The van der Waals surface area contributed by atoms with Gasteiger partial charge in [-0.2, -0.15) is 0 Å². The van der Waals surface area contributed by atoms with Crippen LogP contribution in [-0.4, -0.2) is 73.5 Å². The molecule has 0 unspecified atom stereocenters. The minimum absolute atomic E-state index is 0.00968. The molecular weight excluding hydrogens is 453 g/mol. The molecular formula is C26H32FN3O5. The molecule has 1 heterocycles. The summed E-state index contributed by atoms with van der Waals surface area (Å²) in [5.41, 5.74) is 1.04. The minimum Gasteiger partial charge on any atom is -0.491 e. The van der Waals surface area contributed by atoms with Gasteiger partial charge in [-0.3, -0.25) is 14.4 Å². The average molecular weight is 486 g/mol. The Labute approximate surface area is 205 Å². The third-order valence-electron chi connectivity index (χ3n) is 6.22. The molecule has 1 N–H and O–H groups in total. The Hall–Kier alpha value is -3.46. The number of anilines is 1. The van der Waals surface area contributed by atoms with Crippen LogP contribution < -0.4 is 10.1 Å². The Morgan fingerprint density at radius 2 is 1.80 bits per heavy atom.